The zero-order valence-electron chi connectivity index (χ0n) is 13.6. The molecule has 3 rings (SSSR count). The van der Waals surface area contributed by atoms with Gasteiger partial charge in [0, 0.05) is 31.7 Å². The molecule has 2 aliphatic rings. The van der Waals surface area contributed by atoms with Crippen molar-refractivity contribution in [3.05, 3.63) is 23.8 Å². The Labute approximate surface area is 136 Å². The molecule has 6 heteroatoms. The van der Waals surface area contributed by atoms with E-state index in [0.29, 0.717) is 17.5 Å². The Bertz CT molecular complexity index is 586. The average Bonchev–Trinajstić information content (AvgIpc) is 2.53. The molecule has 0 unspecified atom stereocenters. The number of carbonyl (C=O) groups excluding carboxylic acids is 2. The van der Waals surface area contributed by atoms with Gasteiger partial charge >= 0.3 is 0 Å². The summed E-state index contributed by atoms with van der Waals surface area (Å²) in [5.41, 5.74) is 1.28. The third-order valence-electron chi connectivity index (χ3n) is 4.97. The molecule has 2 fully saturated rings. The lowest BCUT2D eigenvalue weighted by atomic mass is 9.83. The third kappa shape index (κ3) is 3.68. The van der Waals surface area contributed by atoms with Gasteiger partial charge in [0.2, 0.25) is 5.91 Å². The minimum Gasteiger partial charge on any atom is -0.354 e. The maximum Gasteiger partial charge on any atom is 0.269 e. The van der Waals surface area contributed by atoms with Gasteiger partial charge in [-0.3, -0.25) is 9.59 Å². The molecule has 6 nitrogen and oxygen atoms in total. The van der Waals surface area contributed by atoms with Crippen LogP contribution in [0.15, 0.2) is 12.4 Å². The maximum absolute atomic E-state index is 12.4. The number of carbonyl (C=O) groups is 2. The van der Waals surface area contributed by atoms with Crippen molar-refractivity contribution in [3.63, 3.8) is 0 Å². The quantitative estimate of drug-likeness (QED) is 0.911. The third-order valence-corrected chi connectivity index (χ3v) is 4.97. The molecule has 0 bridgehead atoms. The van der Waals surface area contributed by atoms with E-state index in [1.165, 1.54) is 12.7 Å². The van der Waals surface area contributed by atoms with Gasteiger partial charge in [-0.2, -0.15) is 0 Å². The van der Waals surface area contributed by atoms with E-state index in [1.807, 2.05) is 4.90 Å². The molecule has 0 spiro atoms. The van der Waals surface area contributed by atoms with E-state index < -0.39 is 0 Å². The number of nitrogens with one attached hydrogen (secondary N) is 1. The second-order valence-electron chi connectivity index (χ2n) is 6.60. The van der Waals surface area contributed by atoms with E-state index in [1.54, 1.807) is 13.1 Å². The first-order valence-electron chi connectivity index (χ1n) is 8.49. The van der Waals surface area contributed by atoms with Gasteiger partial charge in [0.15, 0.2) is 0 Å². The minimum absolute atomic E-state index is 0.195. The number of hydrogen-bond acceptors (Lipinski definition) is 4. The summed E-state index contributed by atoms with van der Waals surface area (Å²) in [4.78, 5) is 34.4. The Hall–Kier alpha value is -1.98. The standard InChI is InChI=1S/C17H24N4O2/c1-18-16(22)15-9-14(19-11-20-15)8-12-4-3-7-21(10-12)17(23)13-5-2-6-13/h9,11-13H,2-8,10H2,1H3,(H,18,22)/t12-/m1/s1. The minimum atomic E-state index is -0.195. The molecule has 0 radical (unpaired) electrons. The van der Waals surface area contributed by atoms with E-state index >= 15 is 0 Å². The molecule has 1 saturated heterocycles. The molecule has 23 heavy (non-hydrogen) atoms. The van der Waals surface area contributed by atoms with Crippen LogP contribution in [0, 0.1) is 11.8 Å². The molecule has 1 N–H and O–H groups in total. The van der Waals surface area contributed by atoms with Crippen LogP contribution in [0.2, 0.25) is 0 Å². The van der Waals surface area contributed by atoms with Crippen molar-refractivity contribution in [1.82, 2.24) is 20.2 Å². The molecule has 1 saturated carbocycles. The lowest BCUT2D eigenvalue weighted by molar-refractivity contribution is -0.140. The average molecular weight is 316 g/mol. The van der Waals surface area contributed by atoms with Gasteiger partial charge in [0.25, 0.3) is 5.91 Å². The molecule has 1 atom stereocenters. The summed E-state index contributed by atoms with van der Waals surface area (Å²) >= 11 is 0. The van der Waals surface area contributed by atoms with Crippen molar-refractivity contribution in [2.75, 3.05) is 20.1 Å². The fraction of sp³-hybridized carbons (Fsp3) is 0.647. The van der Waals surface area contributed by atoms with Crippen LogP contribution in [-0.2, 0) is 11.2 Å². The summed E-state index contributed by atoms with van der Waals surface area (Å²) in [5.74, 6) is 0.835. The Kier molecular flexibility index (Phi) is 4.88. The molecule has 124 valence electrons. The van der Waals surface area contributed by atoms with Gasteiger partial charge in [0.1, 0.15) is 12.0 Å². The summed E-state index contributed by atoms with van der Waals surface area (Å²) in [6.07, 6.45) is 7.70. The Morgan fingerprint density at radius 2 is 2.09 bits per heavy atom. The summed E-state index contributed by atoms with van der Waals surface area (Å²) < 4.78 is 0. The van der Waals surface area contributed by atoms with Crippen LogP contribution in [0.1, 0.15) is 48.3 Å². The summed E-state index contributed by atoms with van der Waals surface area (Å²) in [6.45, 7) is 1.70. The predicted molar refractivity (Wildman–Crippen MR) is 85.8 cm³/mol. The van der Waals surface area contributed by atoms with E-state index in [-0.39, 0.29) is 11.8 Å². The number of piperidine rings is 1. The largest absolute Gasteiger partial charge is 0.354 e. The Balaban J connectivity index is 1.61. The van der Waals surface area contributed by atoms with Crippen LogP contribution in [0.5, 0.6) is 0 Å². The smallest absolute Gasteiger partial charge is 0.269 e. The van der Waals surface area contributed by atoms with E-state index in [0.717, 1.165) is 50.9 Å². The predicted octanol–water partition coefficient (Wildman–Crippen LogP) is 1.42. The fourth-order valence-electron chi connectivity index (χ4n) is 3.40. The van der Waals surface area contributed by atoms with E-state index in [2.05, 4.69) is 15.3 Å². The number of likely N-dealkylation sites (tertiary alicyclic amines) is 1. The van der Waals surface area contributed by atoms with Gasteiger partial charge in [-0.05, 0) is 44.1 Å². The van der Waals surface area contributed by atoms with Crippen LogP contribution >= 0.6 is 0 Å². The fourth-order valence-corrected chi connectivity index (χ4v) is 3.40. The van der Waals surface area contributed by atoms with Gasteiger partial charge in [-0.15, -0.1) is 0 Å². The number of nitrogens with zero attached hydrogens (tertiary/aromatic N) is 3. The second kappa shape index (κ2) is 7.06. The van der Waals surface area contributed by atoms with Crippen molar-refractivity contribution < 1.29 is 9.59 Å². The Morgan fingerprint density at radius 1 is 1.26 bits per heavy atom. The van der Waals surface area contributed by atoms with Crippen molar-refractivity contribution in [3.8, 4) is 0 Å². The number of aromatic nitrogens is 2. The van der Waals surface area contributed by atoms with E-state index in [4.69, 9.17) is 0 Å². The van der Waals surface area contributed by atoms with Crippen LogP contribution in [0.25, 0.3) is 0 Å². The maximum atomic E-state index is 12.4. The van der Waals surface area contributed by atoms with Crippen molar-refractivity contribution in [1.29, 1.82) is 0 Å². The molecular weight excluding hydrogens is 292 g/mol. The lowest BCUT2D eigenvalue weighted by Crippen LogP contribution is -2.45. The Morgan fingerprint density at radius 3 is 2.78 bits per heavy atom. The lowest BCUT2D eigenvalue weighted by Gasteiger charge is -2.37. The highest BCUT2D eigenvalue weighted by Crippen LogP contribution is 2.30. The first-order valence-corrected chi connectivity index (χ1v) is 8.49. The highest BCUT2D eigenvalue weighted by molar-refractivity contribution is 5.91. The number of rotatable bonds is 4. The topological polar surface area (TPSA) is 75.2 Å². The molecule has 1 aromatic heterocycles. The normalized spacial score (nSPS) is 21.6. The van der Waals surface area contributed by atoms with Crippen LogP contribution in [-0.4, -0.2) is 46.8 Å². The van der Waals surface area contributed by atoms with E-state index in [9.17, 15) is 9.59 Å². The van der Waals surface area contributed by atoms with Crippen molar-refractivity contribution in [2.24, 2.45) is 11.8 Å². The van der Waals surface area contributed by atoms with Crippen molar-refractivity contribution in [2.45, 2.75) is 38.5 Å². The highest BCUT2D eigenvalue weighted by atomic mass is 16.2. The molecule has 2 amide bonds. The monoisotopic (exact) mass is 316 g/mol. The molecule has 0 aromatic carbocycles. The molecule has 2 heterocycles. The number of amides is 2. The zero-order valence-corrected chi connectivity index (χ0v) is 13.6. The summed E-state index contributed by atoms with van der Waals surface area (Å²) in [7, 11) is 1.59. The highest BCUT2D eigenvalue weighted by Gasteiger charge is 2.32. The molecule has 1 aromatic rings. The number of hydrogen-bond donors (Lipinski definition) is 1. The van der Waals surface area contributed by atoms with Gasteiger partial charge in [0.05, 0.1) is 0 Å². The second-order valence-corrected chi connectivity index (χ2v) is 6.60. The molecule has 1 aliphatic carbocycles. The van der Waals surface area contributed by atoms with Gasteiger partial charge in [-0.1, -0.05) is 6.42 Å². The van der Waals surface area contributed by atoms with Crippen LogP contribution in [0.3, 0.4) is 0 Å². The summed E-state index contributed by atoms with van der Waals surface area (Å²) in [5, 5.41) is 2.58. The van der Waals surface area contributed by atoms with Gasteiger partial charge in [-0.25, -0.2) is 9.97 Å². The van der Waals surface area contributed by atoms with Crippen LogP contribution < -0.4 is 5.32 Å². The first kappa shape index (κ1) is 15.9. The van der Waals surface area contributed by atoms with Crippen molar-refractivity contribution >= 4 is 11.8 Å². The van der Waals surface area contributed by atoms with Crippen LogP contribution in [0.4, 0.5) is 0 Å². The zero-order chi connectivity index (χ0) is 16.2. The SMILES string of the molecule is CNC(=O)c1cc(C[C@H]2CCCN(C(=O)C3CCC3)C2)ncn1. The molecule has 1 aliphatic heterocycles. The molecular formula is C17H24N4O2. The summed E-state index contributed by atoms with van der Waals surface area (Å²) in [6, 6.07) is 1.76. The first-order chi connectivity index (χ1) is 11.2. The van der Waals surface area contributed by atoms with Gasteiger partial charge < -0.3 is 10.2 Å².